The third kappa shape index (κ3) is 4.80. The van der Waals surface area contributed by atoms with E-state index in [1.165, 1.54) is 7.11 Å². The third-order valence-electron chi connectivity index (χ3n) is 5.67. The fourth-order valence-electron chi connectivity index (χ4n) is 3.90. The van der Waals surface area contributed by atoms with Gasteiger partial charge in [0, 0.05) is 24.5 Å². The maximum absolute atomic E-state index is 12.4. The second kappa shape index (κ2) is 9.58. The highest BCUT2D eigenvalue weighted by Gasteiger charge is 2.50. The Bertz CT molecular complexity index is 1030. The second-order valence-corrected chi connectivity index (χ2v) is 8.55. The van der Waals surface area contributed by atoms with Gasteiger partial charge in [0.05, 0.1) is 5.60 Å². The Balaban J connectivity index is 1.86. The third-order valence-corrected chi connectivity index (χ3v) is 5.67. The van der Waals surface area contributed by atoms with Crippen molar-refractivity contribution < 1.29 is 33.6 Å². The van der Waals surface area contributed by atoms with Crippen LogP contribution in [0.4, 0.5) is 5.69 Å². The fraction of sp³-hybridized carbons (Fsp3) is 0.565. The lowest BCUT2D eigenvalue weighted by atomic mass is 9.89. The van der Waals surface area contributed by atoms with E-state index in [-0.39, 0.29) is 11.6 Å². The van der Waals surface area contributed by atoms with Gasteiger partial charge < -0.3 is 34.2 Å². The molecule has 9 heteroatoms. The molecule has 2 aromatic rings. The van der Waals surface area contributed by atoms with E-state index in [0.717, 1.165) is 12.8 Å². The van der Waals surface area contributed by atoms with Crippen LogP contribution in [-0.2, 0) is 14.3 Å². The Morgan fingerprint density at radius 2 is 1.97 bits per heavy atom. The minimum atomic E-state index is -1.35. The molecular formula is C23H31NO8. The first-order valence-corrected chi connectivity index (χ1v) is 10.7. The molecule has 3 rings (SSSR count). The van der Waals surface area contributed by atoms with Crippen LogP contribution in [0.1, 0.15) is 45.6 Å². The molecule has 0 bridgehead atoms. The van der Waals surface area contributed by atoms with Gasteiger partial charge in [0.1, 0.15) is 35.3 Å². The fourth-order valence-corrected chi connectivity index (χ4v) is 3.90. The van der Waals surface area contributed by atoms with E-state index in [2.05, 4.69) is 5.32 Å². The highest BCUT2D eigenvalue weighted by molar-refractivity contribution is 5.93. The Labute approximate surface area is 186 Å². The summed E-state index contributed by atoms with van der Waals surface area (Å²) in [6.45, 7) is 7.15. The number of aryl methyl sites for hydroxylation is 1. The summed E-state index contributed by atoms with van der Waals surface area (Å²) in [6.07, 6.45) is -2.53. The molecule has 1 saturated heterocycles. The minimum absolute atomic E-state index is 0.0770. The Morgan fingerprint density at radius 3 is 2.62 bits per heavy atom. The van der Waals surface area contributed by atoms with Crippen LogP contribution < -0.4 is 15.7 Å². The van der Waals surface area contributed by atoms with Crippen molar-refractivity contribution in [2.75, 3.05) is 12.4 Å². The van der Waals surface area contributed by atoms with Gasteiger partial charge in [-0.3, -0.25) is 4.79 Å². The van der Waals surface area contributed by atoms with E-state index in [0.29, 0.717) is 28.7 Å². The summed E-state index contributed by atoms with van der Waals surface area (Å²) < 4.78 is 22.4. The van der Waals surface area contributed by atoms with Crippen LogP contribution in [0.3, 0.4) is 0 Å². The molecule has 1 amide bonds. The van der Waals surface area contributed by atoms with Crippen molar-refractivity contribution in [2.45, 2.75) is 77.2 Å². The second-order valence-electron chi connectivity index (χ2n) is 8.55. The first-order chi connectivity index (χ1) is 15.1. The normalized spacial score (nSPS) is 25.0. The van der Waals surface area contributed by atoms with Crippen molar-refractivity contribution in [2.24, 2.45) is 0 Å². The molecule has 1 aliphatic rings. The van der Waals surface area contributed by atoms with E-state index >= 15 is 0 Å². The van der Waals surface area contributed by atoms with Crippen molar-refractivity contribution in [3.63, 3.8) is 0 Å². The van der Waals surface area contributed by atoms with Crippen molar-refractivity contribution in [1.29, 1.82) is 0 Å². The molecule has 4 atom stereocenters. The van der Waals surface area contributed by atoms with Crippen molar-refractivity contribution in [3.05, 3.63) is 34.2 Å². The zero-order valence-corrected chi connectivity index (χ0v) is 19.0. The number of anilines is 1. The smallest absolute Gasteiger partial charge is 0.360 e. The number of aliphatic hydroxyl groups is 2. The van der Waals surface area contributed by atoms with Gasteiger partial charge in [-0.05, 0) is 45.4 Å². The molecule has 1 aromatic carbocycles. The van der Waals surface area contributed by atoms with Gasteiger partial charge in [0.25, 0.3) is 0 Å². The van der Waals surface area contributed by atoms with Crippen LogP contribution in [0.15, 0.2) is 27.4 Å². The monoisotopic (exact) mass is 449 g/mol. The first kappa shape index (κ1) is 24.2. The SMILES string of the molecule is CCCCC(=O)Nc1cc2ccc(O[C@@H]3OC(C)(C)[C@H](OC)[C@@H](O)[C@H]3O)c(C)c2oc1=O. The quantitative estimate of drug-likeness (QED) is 0.550. The molecule has 3 N–H and O–H groups in total. The predicted molar refractivity (Wildman–Crippen MR) is 118 cm³/mol. The van der Waals surface area contributed by atoms with E-state index in [9.17, 15) is 19.8 Å². The number of hydrogen-bond acceptors (Lipinski definition) is 8. The Morgan fingerprint density at radius 1 is 1.25 bits per heavy atom. The molecule has 176 valence electrons. The molecule has 2 heterocycles. The van der Waals surface area contributed by atoms with Gasteiger partial charge in [-0.1, -0.05) is 13.3 Å². The highest BCUT2D eigenvalue weighted by atomic mass is 16.7. The average Bonchev–Trinajstić information content (AvgIpc) is 2.73. The molecule has 1 aliphatic heterocycles. The molecule has 1 fully saturated rings. The number of carbonyl (C=O) groups excluding carboxylic acids is 1. The number of rotatable bonds is 7. The minimum Gasteiger partial charge on any atom is -0.462 e. The van der Waals surface area contributed by atoms with Gasteiger partial charge in [0.2, 0.25) is 12.2 Å². The summed E-state index contributed by atoms with van der Waals surface area (Å²) in [5.41, 5.74) is -0.705. The largest absolute Gasteiger partial charge is 0.462 e. The number of aliphatic hydroxyl groups excluding tert-OH is 2. The molecule has 0 aliphatic carbocycles. The molecule has 32 heavy (non-hydrogen) atoms. The zero-order chi connectivity index (χ0) is 23.6. The number of carbonyl (C=O) groups is 1. The molecule has 9 nitrogen and oxygen atoms in total. The van der Waals surface area contributed by atoms with Gasteiger partial charge in [-0.15, -0.1) is 0 Å². The highest BCUT2D eigenvalue weighted by Crippen LogP contribution is 2.35. The molecule has 0 spiro atoms. The van der Waals surface area contributed by atoms with E-state index < -0.39 is 35.8 Å². The Kier molecular flexibility index (Phi) is 7.24. The van der Waals surface area contributed by atoms with E-state index in [1.807, 2.05) is 6.92 Å². The van der Waals surface area contributed by atoms with Crippen LogP contribution in [-0.4, -0.2) is 53.4 Å². The van der Waals surface area contributed by atoms with Crippen LogP contribution in [0.5, 0.6) is 5.75 Å². The number of hydrogen-bond donors (Lipinski definition) is 3. The van der Waals surface area contributed by atoms with E-state index in [4.69, 9.17) is 18.6 Å². The number of ether oxygens (including phenoxy) is 3. The summed E-state index contributed by atoms with van der Waals surface area (Å²) >= 11 is 0. The maximum Gasteiger partial charge on any atom is 0.360 e. The number of benzene rings is 1. The molecular weight excluding hydrogens is 418 g/mol. The summed E-state index contributed by atoms with van der Waals surface area (Å²) in [5, 5.41) is 24.1. The topological polar surface area (TPSA) is 127 Å². The average molecular weight is 450 g/mol. The van der Waals surface area contributed by atoms with Crippen molar-refractivity contribution in [1.82, 2.24) is 0 Å². The maximum atomic E-state index is 12.4. The van der Waals surface area contributed by atoms with Gasteiger partial charge >= 0.3 is 5.63 Å². The van der Waals surface area contributed by atoms with Crippen molar-refractivity contribution >= 4 is 22.6 Å². The standard InChI is InChI=1S/C23H31NO8/c1-6-7-8-16(25)24-14-11-13-9-10-15(12(2)19(13)31-21(14)28)30-22-18(27)17(26)20(29-5)23(3,4)32-22/h9-11,17-18,20,22,26-27H,6-8H2,1-5H3,(H,24,25)/t17-,18+,20+,22+/m0/s1. The van der Waals surface area contributed by atoms with Gasteiger partial charge in [-0.25, -0.2) is 4.79 Å². The zero-order valence-electron chi connectivity index (χ0n) is 19.0. The molecule has 0 radical (unpaired) electrons. The summed E-state index contributed by atoms with van der Waals surface area (Å²) in [7, 11) is 1.43. The van der Waals surface area contributed by atoms with Gasteiger partial charge in [-0.2, -0.15) is 0 Å². The number of methoxy groups -OCH3 is 1. The first-order valence-electron chi connectivity index (χ1n) is 10.7. The van der Waals surface area contributed by atoms with Crippen LogP contribution in [0.2, 0.25) is 0 Å². The number of fused-ring (bicyclic) bond motifs is 1. The number of amides is 1. The lowest BCUT2D eigenvalue weighted by molar-refractivity contribution is -0.306. The molecule has 0 unspecified atom stereocenters. The van der Waals surface area contributed by atoms with Crippen LogP contribution >= 0.6 is 0 Å². The summed E-state index contributed by atoms with van der Waals surface area (Å²) in [4.78, 5) is 24.4. The number of nitrogens with one attached hydrogen (secondary N) is 1. The van der Waals surface area contributed by atoms with Crippen molar-refractivity contribution in [3.8, 4) is 5.75 Å². The Hall–Kier alpha value is -2.46. The van der Waals surface area contributed by atoms with Crippen LogP contribution in [0, 0.1) is 6.92 Å². The summed E-state index contributed by atoms with van der Waals surface area (Å²) in [6, 6.07) is 4.89. The molecule has 0 saturated carbocycles. The van der Waals surface area contributed by atoms with Gasteiger partial charge in [0.15, 0.2) is 0 Å². The molecule has 1 aromatic heterocycles. The van der Waals surface area contributed by atoms with E-state index in [1.54, 1.807) is 39.0 Å². The lowest BCUT2D eigenvalue weighted by Crippen LogP contribution is -2.63. The number of unbranched alkanes of at least 4 members (excludes halogenated alkanes) is 1. The van der Waals surface area contributed by atoms with Crippen LogP contribution in [0.25, 0.3) is 11.0 Å². The summed E-state index contributed by atoms with van der Waals surface area (Å²) in [5.74, 6) is 0.0810. The lowest BCUT2D eigenvalue weighted by Gasteiger charge is -2.46. The predicted octanol–water partition coefficient (Wildman–Crippen LogP) is 2.48.